The Kier molecular flexibility index (Phi) is 2.18. The van der Waals surface area contributed by atoms with Gasteiger partial charge in [0.1, 0.15) is 0 Å². The first kappa shape index (κ1) is 10.9. The van der Waals surface area contributed by atoms with E-state index in [-0.39, 0.29) is 18.9 Å². The van der Waals surface area contributed by atoms with Crippen LogP contribution in [0.25, 0.3) is 0 Å². The molecule has 1 N–H and O–H groups in total. The van der Waals surface area contributed by atoms with Gasteiger partial charge < -0.3 is 5.11 Å². The van der Waals surface area contributed by atoms with Crippen LogP contribution in [0, 0.1) is 23.3 Å². The molecule has 0 amide bonds. The molecule has 1 aliphatic carbocycles. The largest absolute Gasteiger partial charge is 0.481 e. The van der Waals surface area contributed by atoms with Crippen LogP contribution >= 0.6 is 0 Å². The summed E-state index contributed by atoms with van der Waals surface area (Å²) < 4.78 is 52.3. The molecule has 0 saturated heterocycles. The molecule has 1 aromatic carbocycles. The average molecular weight is 234 g/mol. The smallest absolute Gasteiger partial charge is 0.314 e. The molecule has 2 nitrogen and oxygen atoms in total. The molecule has 6 heteroatoms. The lowest BCUT2D eigenvalue weighted by atomic mass is 9.94. The highest BCUT2D eigenvalue weighted by atomic mass is 19.2. The van der Waals surface area contributed by atoms with Crippen LogP contribution in [0.1, 0.15) is 18.4 Å². The molecular weight excluding hydrogens is 228 g/mol. The van der Waals surface area contributed by atoms with Crippen molar-refractivity contribution in [1.29, 1.82) is 0 Å². The van der Waals surface area contributed by atoms with E-state index in [0.29, 0.717) is 0 Å². The van der Waals surface area contributed by atoms with Crippen molar-refractivity contribution in [2.45, 2.75) is 18.3 Å². The van der Waals surface area contributed by atoms with Crippen LogP contribution in [0.3, 0.4) is 0 Å². The van der Waals surface area contributed by atoms with E-state index in [1.54, 1.807) is 0 Å². The number of carboxylic acids is 1. The summed E-state index contributed by atoms with van der Waals surface area (Å²) in [5.74, 6) is -7.89. The van der Waals surface area contributed by atoms with E-state index in [9.17, 15) is 22.4 Å². The van der Waals surface area contributed by atoms with E-state index in [0.717, 1.165) is 0 Å². The van der Waals surface area contributed by atoms with Gasteiger partial charge in [-0.05, 0) is 12.8 Å². The second-order valence-corrected chi connectivity index (χ2v) is 3.73. The van der Waals surface area contributed by atoms with E-state index in [4.69, 9.17) is 5.11 Å². The van der Waals surface area contributed by atoms with Crippen molar-refractivity contribution in [3.05, 3.63) is 34.9 Å². The van der Waals surface area contributed by atoms with Gasteiger partial charge in [-0.3, -0.25) is 4.79 Å². The summed E-state index contributed by atoms with van der Waals surface area (Å²) in [6, 6.07) is 0.0616. The van der Waals surface area contributed by atoms with Gasteiger partial charge in [-0.1, -0.05) is 0 Å². The van der Waals surface area contributed by atoms with Gasteiger partial charge >= 0.3 is 5.97 Å². The van der Waals surface area contributed by atoms with Crippen molar-refractivity contribution in [1.82, 2.24) is 0 Å². The summed E-state index contributed by atoms with van der Waals surface area (Å²) in [7, 11) is 0. The summed E-state index contributed by atoms with van der Waals surface area (Å²) in [5, 5.41) is 8.81. The molecule has 0 aromatic heterocycles. The van der Waals surface area contributed by atoms with Crippen LogP contribution in [0.5, 0.6) is 0 Å². The zero-order chi connectivity index (χ0) is 12.1. The van der Waals surface area contributed by atoms with E-state index >= 15 is 0 Å². The molecule has 1 aromatic rings. The van der Waals surface area contributed by atoms with E-state index < -0.39 is 40.2 Å². The van der Waals surface area contributed by atoms with Crippen molar-refractivity contribution in [3.63, 3.8) is 0 Å². The van der Waals surface area contributed by atoms with Crippen molar-refractivity contribution in [2.75, 3.05) is 0 Å². The van der Waals surface area contributed by atoms with Gasteiger partial charge in [-0.2, -0.15) is 0 Å². The van der Waals surface area contributed by atoms with Crippen molar-refractivity contribution in [2.24, 2.45) is 0 Å². The van der Waals surface area contributed by atoms with Crippen molar-refractivity contribution >= 4 is 5.97 Å². The molecule has 0 unspecified atom stereocenters. The molecule has 0 radical (unpaired) electrons. The maximum Gasteiger partial charge on any atom is 0.314 e. The highest BCUT2D eigenvalue weighted by Crippen LogP contribution is 2.50. The van der Waals surface area contributed by atoms with Gasteiger partial charge in [-0.25, -0.2) is 17.6 Å². The SMILES string of the molecule is O=C(O)C1(c2c(F)c(F)cc(F)c2F)CC1. The van der Waals surface area contributed by atoms with Gasteiger partial charge in [0.05, 0.1) is 5.41 Å². The maximum atomic E-state index is 13.3. The number of benzene rings is 1. The minimum atomic E-state index is -1.81. The first-order valence-corrected chi connectivity index (χ1v) is 4.47. The molecule has 1 aliphatic rings. The van der Waals surface area contributed by atoms with Crippen LogP contribution in [0.4, 0.5) is 17.6 Å². The Balaban J connectivity index is 2.70. The van der Waals surface area contributed by atoms with E-state index in [1.807, 2.05) is 0 Å². The topological polar surface area (TPSA) is 37.3 Å². The Morgan fingerprint density at radius 3 is 1.88 bits per heavy atom. The summed E-state index contributed by atoms with van der Waals surface area (Å²) in [6.07, 6.45) is -0.0574. The van der Waals surface area contributed by atoms with Gasteiger partial charge in [0.15, 0.2) is 23.3 Å². The lowest BCUT2D eigenvalue weighted by molar-refractivity contribution is -0.140. The third-order valence-corrected chi connectivity index (χ3v) is 2.75. The first-order valence-electron chi connectivity index (χ1n) is 4.47. The van der Waals surface area contributed by atoms with Gasteiger partial charge in [-0.15, -0.1) is 0 Å². The van der Waals surface area contributed by atoms with Gasteiger partial charge in [0.25, 0.3) is 0 Å². The third kappa shape index (κ3) is 1.29. The number of carboxylic acid groups (broad SMARTS) is 1. The Morgan fingerprint density at radius 2 is 1.56 bits per heavy atom. The van der Waals surface area contributed by atoms with Crippen LogP contribution in [-0.4, -0.2) is 11.1 Å². The zero-order valence-corrected chi connectivity index (χ0v) is 7.86. The van der Waals surface area contributed by atoms with Crippen LogP contribution < -0.4 is 0 Å². The highest BCUT2D eigenvalue weighted by molar-refractivity contribution is 5.85. The molecule has 86 valence electrons. The Morgan fingerprint density at radius 1 is 1.12 bits per heavy atom. The summed E-state index contributed by atoms with van der Waals surface area (Å²) >= 11 is 0. The molecular formula is C10H6F4O2. The number of aliphatic carboxylic acids is 1. The number of hydrogen-bond donors (Lipinski definition) is 1. The number of rotatable bonds is 2. The quantitative estimate of drug-likeness (QED) is 0.630. The molecule has 1 fully saturated rings. The van der Waals surface area contributed by atoms with Crippen molar-refractivity contribution < 1.29 is 27.5 Å². The minimum absolute atomic E-state index is 0.0287. The second kappa shape index (κ2) is 3.20. The predicted molar refractivity (Wildman–Crippen MR) is 44.8 cm³/mol. The van der Waals surface area contributed by atoms with Crippen LogP contribution in [0.2, 0.25) is 0 Å². The molecule has 0 spiro atoms. The fraction of sp³-hybridized carbons (Fsp3) is 0.300. The zero-order valence-electron chi connectivity index (χ0n) is 7.86. The van der Waals surface area contributed by atoms with Crippen LogP contribution in [-0.2, 0) is 10.2 Å². The van der Waals surface area contributed by atoms with E-state index in [1.165, 1.54) is 0 Å². The summed E-state index contributed by atoms with van der Waals surface area (Å²) in [4.78, 5) is 10.8. The monoisotopic (exact) mass is 234 g/mol. The summed E-state index contributed by atoms with van der Waals surface area (Å²) in [6.45, 7) is 0. The fourth-order valence-corrected chi connectivity index (χ4v) is 1.69. The molecule has 0 atom stereocenters. The molecule has 0 aliphatic heterocycles. The molecule has 0 bridgehead atoms. The maximum absolute atomic E-state index is 13.3. The summed E-state index contributed by atoms with van der Waals surface area (Å²) in [5.41, 5.74) is -2.82. The Hall–Kier alpha value is -1.59. The number of halogens is 4. The minimum Gasteiger partial charge on any atom is -0.481 e. The van der Waals surface area contributed by atoms with Crippen LogP contribution in [0.15, 0.2) is 6.07 Å². The first-order chi connectivity index (χ1) is 7.40. The molecule has 1 saturated carbocycles. The van der Waals surface area contributed by atoms with E-state index in [2.05, 4.69) is 0 Å². The standard InChI is InChI=1S/C10H6F4O2/c11-4-3-5(12)8(14)6(7(4)13)10(1-2-10)9(15)16/h3H,1-2H2,(H,15,16). The fourth-order valence-electron chi connectivity index (χ4n) is 1.69. The second-order valence-electron chi connectivity index (χ2n) is 3.73. The number of carbonyl (C=O) groups is 1. The third-order valence-electron chi connectivity index (χ3n) is 2.75. The van der Waals surface area contributed by atoms with Gasteiger partial charge in [0, 0.05) is 11.6 Å². The Bertz CT molecular complexity index is 454. The molecule has 2 rings (SSSR count). The number of hydrogen-bond acceptors (Lipinski definition) is 1. The normalized spacial score (nSPS) is 17.2. The molecule has 16 heavy (non-hydrogen) atoms. The lowest BCUT2D eigenvalue weighted by Crippen LogP contribution is -2.24. The Labute approximate surface area is 87.5 Å². The highest BCUT2D eigenvalue weighted by Gasteiger charge is 2.55. The van der Waals surface area contributed by atoms with Crippen molar-refractivity contribution in [3.8, 4) is 0 Å². The average Bonchev–Trinajstić information content (AvgIpc) is 2.97. The van der Waals surface area contributed by atoms with Gasteiger partial charge in [0.2, 0.25) is 0 Å². The predicted octanol–water partition coefficient (Wildman–Crippen LogP) is 2.36. The lowest BCUT2D eigenvalue weighted by Gasteiger charge is -2.13. The molecule has 0 heterocycles.